The molecule has 0 saturated heterocycles. The van der Waals surface area contributed by atoms with Crippen LogP contribution in [0.5, 0.6) is 5.75 Å². The van der Waals surface area contributed by atoms with E-state index in [0.29, 0.717) is 0 Å². The Labute approximate surface area is 105 Å². The molecule has 100 valence electrons. The number of halogens is 3. The molecule has 0 unspecified atom stereocenters. The Morgan fingerprint density at radius 3 is 2.17 bits per heavy atom. The zero-order valence-corrected chi connectivity index (χ0v) is 10.8. The van der Waals surface area contributed by atoms with Crippen LogP contribution in [0.1, 0.15) is 44.7 Å². The van der Waals surface area contributed by atoms with E-state index in [1.165, 1.54) is 12.1 Å². The molecule has 0 spiro atoms. The second-order valence-corrected chi connectivity index (χ2v) is 5.74. The van der Waals surface area contributed by atoms with Crippen molar-refractivity contribution in [3.8, 4) is 5.75 Å². The summed E-state index contributed by atoms with van der Waals surface area (Å²) in [5.74, 6) is -0.0302. The largest absolute Gasteiger partial charge is 0.490 e. The van der Waals surface area contributed by atoms with Gasteiger partial charge in [0.25, 0.3) is 0 Å². The van der Waals surface area contributed by atoms with Gasteiger partial charge in [-0.3, -0.25) is 0 Å². The van der Waals surface area contributed by atoms with Crippen LogP contribution in [-0.4, -0.2) is 6.10 Å². The number of ether oxygens (including phenoxy) is 1. The van der Waals surface area contributed by atoms with Crippen LogP contribution in [0.4, 0.5) is 13.2 Å². The van der Waals surface area contributed by atoms with Crippen molar-refractivity contribution >= 4 is 0 Å². The molecule has 0 heterocycles. The molecule has 0 N–H and O–H groups in total. The summed E-state index contributed by atoms with van der Waals surface area (Å²) < 4.78 is 45.1. The van der Waals surface area contributed by atoms with Gasteiger partial charge < -0.3 is 4.74 Å². The summed E-state index contributed by atoms with van der Waals surface area (Å²) in [5.41, 5.74) is -0.897. The minimum absolute atomic E-state index is 0.0302. The van der Waals surface area contributed by atoms with Crippen LogP contribution in [0.2, 0.25) is 0 Å². The lowest BCUT2D eigenvalue weighted by molar-refractivity contribution is -0.140. The SMILES string of the molecule is CC(C)(C)c1cccc(OC2CC2)c1C(F)(F)F. The number of rotatable bonds is 2. The van der Waals surface area contributed by atoms with Crippen molar-refractivity contribution in [1.29, 1.82) is 0 Å². The number of hydrogen-bond acceptors (Lipinski definition) is 1. The maximum absolute atomic E-state index is 13.2. The third kappa shape index (κ3) is 2.79. The summed E-state index contributed by atoms with van der Waals surface area (Å²) in [6.07, 6.45) is -2.73. The summed E-state index contributed by atoms with van der Waals surface area (Å²) in [6, 6.07) is 4.58. The van der Waals surface area contributed by atoms with Crippen LogP contribution in [0.3, 0.4) is 0 Å². The van der Waals surface area contributed by atoms with Crippen molar-refractivity contribution < 1.29 is 17.9 Å². The van der Waals surface area contributed by atoms with Crippen LogP contribution < -0.4 is 4.74 Å². The molecule has 1 aromatic carbocycles. The van der Waals surface area contributed by atoms with Crippen LogP contribution in [0.15, 0.2) is 18.2 Å². The van der Waals surface area contributed by atoms with E-state index in [1.807, 2.05) is 0 Å². The average molecular weight is 258 g/mol. The predicted molar refractivity (Wildman–Crippen MR) is 63.8 cm³/mol. The lowest BCUT2D eigenvalue weighted by Gasteiger charge is -2.26. The zero-order valence-electron chi connectivity index (χ0n) is 10.8. The van der Waals surface area contributed by atoms with Gasteiger partial charge in [0.2, 0.25) is 0 Å². The van der Waals surface area contributed by atoms with Gasteiger partial charge in [-0.25, -0.2) is 0 Å². The first-order chi connectivity index (χ1) is 8.19. The van der Waals surface area contributed by atoms with Crippen molar-refractivity contribution in [2.45, 2.75) is 51.3 Å². The summed E-state index contributed by atoms with van der Waals surface area (Å²) in [5, 5.41) is 0. The van der Waals surface area contributed by atoms with Crippen molar-refractivity contribution in [2.24, 2.45) is 0 Å². The Morgan fingerprint density at radius 2 is 1.72 bits per heavy atom. The topological polar surface area (TPSA) is 9.23 Å². The quantitative estimate of drug-likeness (QED) is 0.756. The van der Waals surface area contributed by atoms with E-state index in [9.17, 15) is 13.2 Å². The Kier molecular flexibility index (Phi) is 3.07. The smallest absolute Gasteiger partial charge is 0.420 e. The molecule has 1 fully saturated rings. The first-order valence-electron chi connectivity index (χ1n) is 6.07. The highest BCUT2D eigenvalue weighted by molar-refractivity contribution is 5.45. The van der Waals surface area contributed by atoms with Gasteiger partial charge in [-0.15, -0.1) is 0 Å². The van der Waals surface area contributed by atoms with E-state index >= 15 is 0 Å². The fraction of sp³-hybridized carbons (Fsp3) is 0.571. The summed E-state index contributed by atoms with van der Waals surface area (Å²) in [6.45, 7) is 5.33. The van der Waals surface area contributed by atoms with Crippen LogP contribution in [0, 0.1) is 0 Å². The van der Waals surface area contributed by atoms with Gasteiger partial charge in [-0.05, 0) is 29.9 Å². The van der Waals surface area contributed by atoms with Gasteiger partial charge in [0.05, 0.1) is 6.10 Å². The normalized spacial score (nSPS) is 16.8. The maximum Gasteiger partial charge on any atom is 0.420 e. The molecule has 1 aliphatic carbocycles. The Morgan fingerprint density at radius 1 is 1.11 bits per heavy atom. The Hall–Kier alpha value is -1.19. The highest BCUT2D eigenvalue weighted by Crippen LogP contribution is 2.44. The molecule has 1 aliphatic rings. The van der Waals surface area contributed by atoms with E-state index in [0.717, 1.165) is 12.8 Å². The first kappa shape index (κ1) is 13.2. The van der Waals surface area contributed by atoms with Crippen LogP contribution in [0.25, 0.3) is 0 Å². The lowest BCUT2D eigenvalue weighted by atomic mass is 9.83. The minimum Gasteiger partial charge on any atom is -0.490 e. The van der Waals surface area contributed by atoms with Crippen molar-refractivity contribution in [3.05, 3.63) is 29.3 Å². The molecule has 2 rings (SSSR count). The molecule has 0 radical (unpaired) electrons. The Balaban J connectivity index is 2.52. The van der Waals surface area contributed by atoms with Crippen LogP contribution in [-0.2, 0) is 11.6 Å². The molecule has 0 bridgehead atoms. The second kappa shape index (κ2) is 4.18. The van der Waals surface area contributed by atoms with Crippen LogP contribution >= 0.6 is 0 Å². The lowest BCUT2D eigenvalue weighted by Crippen LogP contribution is -2.21. The first-order valence-corrected chi connectivity index (χ1v) is 6.07. The second-order valence-electron chi connectivity index (χ2n) is 5.74. The van der Waals surface area contributed by atoms with E-state index in [-0.39, 0.29) is 17.4 Å². The van der Waals surface area contributed by atoms with Gasteiger partial charge >= 0.3 is 6.18 Å². The molecular formula is C14H17F3O. The molecule has 0 atom stereocenters. The molecule has 0 aromatic heterocycles. The van der Waals surface area contributed by atoms with E-state index in [4.69, 9.17) is 4.74 Å². The highest BCUT2D eigenvalue weighted by atomic mass is 19.4. The molecule has 18 heavy (non-hydrogen) atoms. The number of benzene rings is 1. The zero-order chi connectivity index (χ0) is 13.6. The van der Waals surface area contributed by atoms with Gasteiger partial charge in [0.15, 0.2) is 0 Å². The number of hydrogen-bond donors (Lipinski definition) is 0. The van der Waals surface area contributed by atoms with E-state index < -0.39 is 17.2 Å². The molecule has 0 amide bonds. The standard InChI is InChI=1S/C14H17F3O/c1-13(2,3)10-5-4-6-11(18-9-7-8-9)12(10)14(15,16)17/h4-6,9H,7-8H2,1-3H3. The van der Waals surface area contributed by atoms with Crippen molar-refractivity contribution in [3.63, 3.8) is 0 Å². The molecule has 4 heteroatoms. The monoisotopic (exact) mass is 258 g/mol. The number of alkyl halides is 3. The molecule has 1 nitrogen and oxygen atoms in total. The molecule has 0 aliphatic heterocycles. The minimum atomic E-state index is -4.38. The predicted octanol–water partition coefficient (Wildman–Crippen LogP) is 4.54. The summed E-state index contributed by atoms with van der Waals surface area (Å²) >= 11 is 0. The fourth-order valence-corrected chi connectivity index (χ4v) is 1.91. The third-order valence-electron chi connectivity index (χ3n) is 2.94. The van der Waals surface area contributed by atoms with Gasteiger partial charge in [0, 0.05) is 0 Å². The third-order valence-corrected chi connectivity index (χ3v) is 2.94. The van der Waals surface area contributed by atoms with Gasteiger partial charge in [0.1, 0.15) is 11.3 Å². The Bertz CT molecular complexity index is 439. The van der Waals surface area contributed by atoms with E-state index in [1.54, 1.807) is 26.8 Å². The van der Waals surface area contributed by atoms with E-state index in [2.05, 4.69) is 0 Å². The average Bonchev–Trinajstić information content (AvgIpc) is 2.98. The molecular weight excluding hydrogens is 241 g/mol. The summed E-state index contributed by atoms with van der Waals surface area (Å²) in [4.78, 5) is 0. The van der Waals surface area contributed by atoms with Gasteiger partial charge in [-0.1, -0.05) is 32.9 Å². The van der Waals surface area contributed by atoms with Crippen molar-refractivity contribution in [2.75, 3.05) is 0 Å². The maximum atomic E-state index is 13.2. The fourth-order valence-electron chi connectivity index (χ4n) is 1.91. The summed E-state index contributed by atoms with van der Waals surface area (Å²) in [7, 11) is 0. The molecule has 1 aromatic rings. The molecule has 1 saturated carbocycles. The highest BCUT2D eigenvalue weighted by Gasteiger charge is 2.40. The van der Waals surface area contributed by atoms with Gasteiger partial charge in [-0.2, -0.15) is 13.2 Å². The van der Waals surface area contributed by atoms with Crippen molar-refractivity contribution in [1.82, 2.24) is 0 Å².